The molecule has 0 aliphatic rings. The number of rotatable bonds is 5. The average Bonchev–Trinajstić information content (AvgIpc) is 3.15. The van der Waals surface area contributed by atoms with Crippen LogP contribution in [0, 0.1) is 17.0 Å². The van der Waals surface area contributed by atoms with E-state index in [2.05, 4.69) is 9.98 Å². The highest BCUT2D eigenvalue weighted by Crippen LogP contribution is 2.27. The Morgan fingerprint density at radius 3 is 2.69 bits per heavy atom. The molecule has 6 nitrogen and oxygen atoms in total. The van der Waals surface area contributed by atoms with Gasteiger partial charge < -0.3 is 4.42 Å². The van der Waals surface area contributed by atoms with Crippen molar-refractivity contribution in [2.45, 2.75) is 6.92 Å². The summed E-state index contributed by atoms with van der Waals surface area (Å²) < 4.78 is 5.87. The van der Waals surface area contributed by atoms with Crippen LogP contribution in [0.15, 0.2) is 82.2 Å². The number of non-ortho nitro benzene ring substituents is 1. The predicted octanol–water partition coefficient (Wildman–Crippen LogP) is 6.13. The molecule has 6 heteroatoms. The molecule has 1 aromatic heterocycles. The number of nitrogens with zero attached hydrogens (tertiary/aromatic N) is 3. The second-order valence-corrected chi connectivity index (χ2v) is 6.53. The Bertz CT molecular complexity index is 1240. The van der Waals surface area contributed by atoms with Crippen LogP contribution in [0.2, 0.25) is 0 Å². The van der Waals surface area contributed by atoms with Crippen molar-refractivity contribution in [3.63, 3.8) is 0 Å². The van der Waals surface area contributed by atoms with E-state index >= 15 is 0 Å². The predicted molar refractivity (Wildman–Crippen MR) is 114 cm³/mol. The highest BCUT2D eigenvalue weighted by molar-refractivity contribution is 5.81. The first-order valence-electron chi connectivity index (χ1n) is 9.01. The topological polar surface area (TPSA) is 81.5 Å². The van der Waals surface area contributed by atoms with Crippen LogP contribution in [0.5, 0.6) is 0 Å². The van der Waals surface area contributed by atoms with Gasteiger partial charge in [0.05, 0.1) is 10.6 Å². The minimum atomic E-state index is -0.417. The lowest BCUT2D eigenvalue weighted by Gasteiger charge is -1.97. The Labute approximate surface area is 167 Å². The highest BCUT2D eigenvalue weighted by Gasteiger charge is 2.08. The molecule has 4 rings (SSSR count). The monoisotopic (exact) mass is 383 g/mol. The molecule has 29 heavy (non-hydrogen) atoms. The van der Waals surface area contributed by atoms with Gasteiger partial charge in [-0.3, -0.25) is 15.1 Å². The third kappa shape index (κ3) is 4.27. The zero-order valence-electron chi connectivity index (χ0n) is 15.6. The Morgan fingerprint density at radius 1 is 1.07 bits per heavy atom. The van der Waals surface area contributed by atoms with Gasteiger partial charge in [-0.1, -0.05) is 18.2 Å². The average molecular weight is 383 g/mol. The van der Waals surface area contributed by atoms with Gasteiger partial charge in [0, 0.05) is 23.9 Å². The van der Waals surface area contributed by atoms with Crippen molar-refractivity contribution >= 4 is 34.8 Å². The lowest BCUT2D eigenvalue weighted by atomic mass is 10.2. The second-order valence-electron chi connectivity index (χ2n) is 6.53. The van der Waals surface area contributed by atoms with Gasteiger partial charge in [0.15, 0.2) is 5.58 Å². The zero-order chi connectivity index (χ0) is 20.2. The molecule has 3 aromatic carbocycles. The van der Waals surface area contributed by atoms with Gasteiger partial charge >= 0.3 is 0 Å². The van der Waals surface area contributed by atoms with Crippen molar-refractivity contribution in [1.82, 2.24) is 4.98 Å². The van der Waals surface area contributed by atoms with Crippen LogP contribution < -0.4 is 0 Å². The van der Waals surface area contributed by atoms with Gasteiger partial charge in [-0.25, -0.2) is 4.98 Å². The van der Waals surface area contributed by atoms with E-state index in [4.69, 9.17) is 4.42 Å². The second kappa shape index (κ2) is 7.90. The summed E-state index contributed by atoms with van der Waals surface area (Å²) in [7, 11) is 0. The summed E-state index contributed by atoms with van der Waals surface area (Å²) in [5.41, 5.74) is 5.27. The number of hydrogen-bond donors (Lipinski definition) is 0. The molecule has 0 saturated heterocycles. The smallest absolute Gasteiger partial charge is 0.269 e. The van der Waals surface area contributed by atoms with Crippen LogP contribution in [0.1, 0.15) is 11.1 Å². The van der Waals surface area contributed by atoms with E-state index in [1.165, 1.54) is 12.1 Å². The van der Waals surface area contributed by atoms with Crippen LogP contribution in [0.4, 0.5) is 11.4 Å². The molecule has 0 spiro atoms. The molecule has 0 bridgehead atoms. The first-order chi connectivity index (χ1) is 14.1. The molecular weight excluding hydrogens is 366 g/mol. The van der Waals surface area contributed by atoms with Crippen LogP contribution in [-0.2, 0) is 0 Å². The van der Waals surface area contributed by atoms with Crippen molar-refractivity contribution in [1.29, 1.82) is 0 Å². The minimum Gasteiger partial charge on any atom is -0.436 e. The van der Waals surface area contributed by atoms with E-state index in [1.807, 2.05) is 55.5 Å². The molecule has 0 saturated carbocycles. The van der Waals surface area contributed by atoms with Crippen molar-refractivity contribution in [2.75, 3.05) is 0 Å². The van der Waals surface area contributed by atoms with Crippen LogP contribution >= 0.6 is 0 Å². The number of benzene rings is 3. The van der Waals surface area contributed by atoms with E-state index in [-0.39, 0.29) is 5.69 Å². The molecule has 0 fully saturated rings. The lowest BCUT2D eigenvalue weighted by Crippen LogP contribution is -1.86. The van der Waals surface area contributed by atoms with Gasteiger partial charge in [-0.2, -0.15) is 0 Å². The summed E-state index contributed by atoms with van der Waals surface area (Å²) in [5.74, 6) is 0.559. The molecule has 142 valence electrons. The van der Waals surface area contributed by atoms with E-state index in [0.717, 1.165) is 33.5 Å². The summed E-state index contributed by atoms with van der Waals surface area (Å²) in [6.45, 7) is 2.02. The fourth-order valence-corrected chi connectivity index (χ4v) is 2.86. The van der Waals surface area contributed by atoms with Crippen LogP contribution in [0.3, 0.4) is 0 Å². The summed E-state index contributed by atoms with van der Waals surface area (Å²) in [4.78, 5) is 19.2. The van der Waals surface area contributed by atoms with Crippen LogP contribution in [-0.4, -0.2) is 16.1 Å². The minimum absolute atomic E-state index is 0.0713. The molecule has 0 aliphatic carbocycles. The molecule has 0 atom stereocenters. The SMILES string of the molecule is Cc1ccc2nc(-c3cccc(N=CC=Cc4ccc([N+](=O)[O-])cc4)c3)oc2c1. The molecule has 0 unspecified atom stereocenters. The molecule has 0 amide bonds. The van der Waals surface area contributed by atoms with E-state index in [0.29, 0.717) is 5.89 Å². The number of aryl methyl sites for hydroxylation is 1. The number of oxazole rings is 1. The summed E-state index contributed by atoms with van der Waals surface area (Å²) in [5, 5.41) is 10.7. The van der Waals surface area contributed by atoms with E-state index < -0.39 is 4.92 Å². The number of nitro benzene ring substituents is 1. The zero-order valence-corrected chi connectivity index (χ0v) is 15.6. The van der Waals surface area contributed by atoms with Gasteiger partial charge in [0.1, 0.15) is 5.52 Å². The first-order valence-corrected chi connectivity index (χ1v) is 9.01. The maximum atomic E-state index is 10.7. The van der Waals surface area contributed by atoms with Gasteiger partial charge in [0.2, 0.25) is 5.89 Å². The van der Waals surface area contributed by atoms with Crippen LogP contribution in [0.25, 0.3) is 28.6 Å². The molecule has 0 radical (unpaired) electrons. The number of allylic oxidation sites excluding steroid dienone is 1. The summed E-state index contributed by atoms with van der Waals surface area (Å²) in [6.07, 6.45) is 5.30. The summed E-state index contributed by atoms with van der Waals surface area (Å²) >= 11 is 0. The van der Waals surface area contributed by atoms with E-state index in [9.17, 15) is 10.1 Å². The number of aromatic nitrogens is 1. The number of aliphatic imine (C=N–C) groups is 1. The normalized spacial score (nSPS) is 11.6. The van der Waals surface area contributed by atoms with Crippen molar-refractivity contribution < 1.29 is 9.34 Å². The van der Waals surface area contributed by atoms with Crippen molar-refractivity contribution in [3.8, 4) is 11.5 Å². The molecular formula is C23H17N3O3. The highest BCUT2D eigenvalue weighted by atomic mass is 16.6. The molecule has 1 heterocycles. The van der Waals surface area contributed by atoms with Gasteiger partial charge in [-0.05, 0) is 66.6 Å². The van der Waals surface area contributed by atoms with Crippen molar-refractivity contribution in [2.24, 2.45) is 4.99 Å². The Balaban J connectivity index is 1.50. The fourth-order valence-electron chi connectivity index (χ4n) is 2.86. The molecule has 0 N–H and O–H groups in total. The van der Waals surface area contributed by atoms with Crippen molar-refractivity contribution in [3.05, 3.63) is 94.0 Å². The number of hydrogen-bond acceptors (Lipinski definition) is 5. The molecule has 0 aliphatic heterocycles. The fraction of sp³-hybridized carbons (Fsp3) is 0.0435. The Kier molecular flexibility index (Phi) is 4.99. The van der Waals surface area contributed by atoms with E-state index in [1.54, 1.807) is 24.4 Å². The number of nitro groups is 1. The lowest BCUT2D eigenvalue weighted by molar-refractivity contribution is -0.384. The third-order valence-corrected chi connectivity index (χ3v) is 4.34. The number of fused-ring (bicyclic) bond motifs is 1. The standard InChI is InChI=1S/C23H17N3O3/c1-16-7-12-21-22(14-16)29-23(25-21)18-5-2-6-19(15-18)24-13-3-4-17-8-10-20(11-9-17)26(27)28/h2-15H,1H3. The molecule has 4 aromatic rings. The summed E-state index contributed by atoms with van der Waals surface area (Å²) in [6, 6.07) is 19.9. The van der Waals surface area contributed by atoms with Gasteiger partial charge in [0.25, 0.3) is 5.69 Å². The maximum absolute atomic E-state index is 10.7. The first kappa shape index (κ1) is 18.3. The Hall–Kier alpha value is -4.06. The third-order valence-electron chi connectivity index (χ3n) is 4.34. The maximum Gasteiger partial charge on any atom is 0.269 e. The largest absolute Gasteiger partial charge is 0.436 e. The van der Waals surface area contributed by atoms with Gasteiger partial charge in [-0.15, -0.1) is 0 Å². The Morgan fingerprint density at radius 2 is 1.90 bits per heavy atom. The quantitative estimate of drug-likeness (QED) is 0.236.